The second kappa shape index (κ2) is 10.3. The SMILES string of the molecule is c1ccc(-n2c3ccccc3c3c4cccc5c4c(cc32)C23c4cc6c7ccccc7n(-c7ccccc7)c6c6cccc(c46)C52c2cccc4oc5cccc3c5c24)cc1. The van der Waals surface area contributed by atoms with Crippen LogP contribution >= 0.6 is 0 Å². The van der Waals surface area contributed by atoms with Gasteiger partial charge in [0.05, 0.1) is 32.9 Å². The molecule has 0 saturated carbocycles. The van der Waals surface area contributed by atoms with E-state index in [4.69, 9.17) is 4.42 Å². The van der Waals surface area contributed by atoms with Crippen LogP contribution in [0.15, 0.2) is 199 Å². The minimum absolute atomic E-state index is 0.584. The Kier molecular flexibility index (Phi) is 5.24. The second-order valence-corrected chi connectivity index (χ2v) is 17.4. The fraction of sp³-hybridized carbons (Fsp3) is 0.0345. The van der Waals surface area contributed by atoms with Gasteiger partial charge in [0.1, 0.15) is 11.2 Å². The Morgan fingerprint density at radius 3 is 1.44 bits per heavy atom. The molecule has 0 bridgehead atoms. The summed E-state index contributed by atoms with van der Waals surface area (Å²) in [5.41, 5.74) is 16.1. The largest absolute Gasteiger partial charge is 0.456 e. The Bertz CT molecular complexity index is 4170. The highest BCUT2D eigenvalue weighted by atomic mass is 16.3. The van der Waals surface area contributed by atoms with Crippen LogP contribution in [0.1, 0.15) is 33.4 Å². The topological polar surface area (TPSA) is 23.0 Å². The van der Waals surface area contributed by atoms with E-state index in [0.717, 1.165) is 16.9 Å². The van der Waals surface area contributed by atoms with Gasteiger partial charge in [-0.15, -0.1) is 0 Å². The lowest BCUT2D eigenvalue weighted by molar-refractivity contribution is 0.469. The molecule has 3 aliphatic rings. The summed E-state index contributed by atoms with van der Waals surface area (Å²) in [6.07, 6.45) is 0. The van der Waals surface area contributed by atoms with Gasteiger partial charge in [0.2, 0.25) is 0 Å². The van der Waals surface area contributed by atoms with Crippen molar-refractivity contribution in [2.24, 2.45) is 0 Å². The third-order valence-corrected chi connectivity index (χ3v) is 15.1. The molecule has 61 heavy (non-hydrogen) atoms. The molecule has 0 N–H and O–H groups in total. The molecule has 10 aromatic carbocycles. The molecule has 13 aromatic rings. The lowest BCUT2D eigenvalue weighted by Gasteiger charge is -2.48. The molecular formula is C58H32N2O. The van der Waals surface area contributed by atoms with Crippen molar-refractivity contribution in [3.63, 3.8) is 0 Å². The van der Waals surface area contributed by atoms with E-state index in [-0.39, 0.29) is 0 Å². The predicted molar refractivity (Wildman–Crippen MR) is 250 cm³/mol. The van der Waals surface area contributed by atoms with Crippen molar-refractivity contribution in [1.82, 2.24) is 9.13 Å². The van der Waals surface area contributed by atoms with Crippen LogP contribution in [0.2, 0.25) is 0 Å². The number of fused-ring (bicyclic) bond motifs is 8. The van der Waals surface area contributed by atoms with Gasteiger partial charge < -0.3 is 13.6 Å². The first-order valence-corrected chi connectivity index (χ1v) is 21.4. The Morgan fingerprint density at radius 2 is 0.770 bits per heavy atom. The number of hydrogen-bond donors (Lipinski definition) is 0. The molecule has 3 heterocycles. The van der Waals surface area contributed by atoms with E-state index in [1.165, 1.54) is 115 Å². The Balaban J connectivity index is 1.20. The molecule has 0 amide bonds. The number of furan rings is 1. The first-order valence-electron chi connectivity index (χ1n) is 21.4. The van der Waals surface area contributed by atoms with Crippen LogP contribution in [0.25, 0.3) is 98.5 Å². The third-order valence-electron chi connectivity index (χ3n) is 15.1. The van der Waals surface area contributed by atoms with E-state index in [1.807, 2.05) is 0 Å². The van der Waals surface area contributed by atoms with Gasteiger partial charge in [-0.2, -0.15) is 0 Å². The number of hydrogen-bond acceptors (Lipinski definition) is 1. The molecule has 0 spiro atoms. The lowest BCUT2D eigenvalue weighted by atomic mass is 9.51. The average molecular weight is 773 g/mol. The van der Waals surface area contributed by atoms with E-state index in [0.29, 0.717) is 0 Å². The van der Waals surface area contributed by atoms with Gasteiger partial charge in [0.25, 0.3) is 0 Å². The maximum Gasteiger partial charge on any atom is 0.135 e. The molecule has 3 aromatic heterocycles. The summed E-state index contributed by atoms with van der Waals surface area (Å²) in [5, 5.41) is 12.9. The molecule has 0 aliphatic heterocycles. The first kappa shape index (κ1) is 31.1. The van der Waals surface area contributed by atoms with E-state index in [9.17, 15) is 0 Å². The molecule has 280 valence electrons. The van der Waals surface area contributed by atoms with E-state index in [2.05, 4.69) is 203 Å². The quantitative estimate of drug-likeness (QED) is 0.172. The van der Waals surface area contributed by atoms with Crippen molar-refractivity contribution in [2.45, 2.75) is 10.8 Å². The highest BCUT2D eigenvalue weighted by Crippen LogP contribution is 2.75. The van der Waals surface area contributed by atoms with Crippen molar-refractivity contribution < 1.29 is 4.42 Å². The van der Waals surface area contributed by atoms with Gasteiger partial charge in [0, 0.05) is 49.1 Å². The zero-order valence-corrected chi connectivity index (χ0v) is 32.8. The minimum atomic E-state index is -0.627. The van der Waals surface area contributed by atoms with Gasteiger partial charge in [-0.3, -0.25) is 0 Å². The number of nitrogens with zero attached hydrogens (tertiary/aromatic N) is 2. The van der Waals surface area contributed by atoms with Gasteiger partial charge in [-0.1, -0.05) is 133 Å². The van der Waals surface area contributed by atoms with Gasteiger partial charge in [0.15, 0.2) is 0 Å². The van der Waals surface area contributed by atoms with Crippen molar-refractivity contribution in [3.8, 4) is 11.4 Å². The number of rotatable bonds is 2. The number of para-hydroxylation sites is 4. The van der Waals surface area contributed by atoms with E-state index >= 15 is 0 Å². The molecule has 0 radical (unpaired) electrons. The van der Waals surface area contributed by atoms with Crippen LogP contribution < -0.4 is 0 Å². The zero-order valence-electron chi connectivity index (χ0n) is 32.8. The van der Waals surface area contributed by atoms with Crippen LogP contribution in [0.3, 0.4) is 0 Å². The van der Waals surface area contributed by atoms with Gasteiger partial charge >= 0.3 is 0 Å². The van der Waals surface area contributed by atoms with Crippen molar-refractivity contribution >= 4 is 87.1 Å². The van der Waals surface area contributed by atoms with Crippen molar-refractivity contribution in [1.29, 1.82) is 0 Å². The fourth-order valence-electron chi connectivity index (χ4n) is 13.4. The summed E-state index contributed by atoms with van der Waals surface area (Å²) >= 11 is 0. The summed E-state index contributed by atoms with van der Waals surface area (Å²) in [7, 11) is 0. The number of benzene rings is 10. The summed E-state index contributed by atoms with van der Waals surface area (Å²) in [6, 6.07) is 73.1. The maximum absolute atomic E-state index is 6.86. The van der Waals surface area contributed by atoms with Gasteiger partial charge in [-0.25, -0.2) is 0 Å². The Hall–Kier alpha value is -7.88. The van der Waals surface area contributed by atoms with Crippen LogP contribution in [-0.4, -0.2) is 9.13 Å². The zero-order chi connectivity index (χ0) is 39.3. The van der Waals surface area contributed by atoms with Crippen molar-refractivity contribution in [2.75, 3.05) is 0 Å². The molecule has 0 saturated heterocycles. The molecule has 2 atom stereocenters. The normalized spacial score (nSPS) is 18.3. The van der Waals surface area contributed by atoms with Crippen LogP contribution in [-0.2, 0) is 10.8 Å². The van der Waals surface area contributed by atoms with E-state index in [1.54, 1.807) is 0 Å². The molecule has 3 nitrogen and oxygen atoms in total. The molecule has 16 rings (SSSR count). The van der Waals surface area contributed by atoms with Crippen LogP contribution in [0.4, 0.5) is 0 Å². The smallest absolute Gasteiger partial charge is 0.135 e. The highest BCUT2D eigenvalue weighted by Gasteiger charge is 2.69. The average Bonchev–Trinajstić information content (AvgIpc) is 4.09. The summed E-state index contributed by atoms with van der Waals surface area (Å²) in [5.74, 6) is 0. The fourth-order valence-corrected chi connectivity index (χ4v) is 13.4. The van der Waals surface area contributed by atoms with Crippen LogP contribution in [0, 0.1) is 0 Å². The Morgan fingerprint density at radius 1 is 0.295 bits per heavy atom. The number of aromatic nitrogens is 2. The maximum atomic E-state index is 6.86. The minimum Gasteiger partial charge on any atom is -0.456 e. The summed E-state index contributed by atoms with van der Waals surface area (Å²) in [4.78, 5) is 0. The standard InChI is InChI=1S/C58H32N2O/c1-3-15-33(16-4-1)59-47-28-10-8-20-36(47)51-37-21-11-23-40-52(37)45(32-48(51)59)58-43-26-14-30-50-55(43)54-42(25-13-29-49(54)61-50)57(40,58)41-24-12-22-38-53(41)44(58)31-39-35-19-7-9-27-46(35)60(56(38)39)34-17-5-2-6-18-34/h1-32H. The lowest BCUT2D eigenvalue weighted by Crippen LogP contribution is -2.47. The second-order valence-electron chi connectivity index (χ2n) is 17.4. The molecule has 0 fully saturated rings. The highest BCUT2D eigenvalue weighted by molar-refractivity contribution is 6.28. The first-order chi connectivity index (χ1) is 30.3. The van der Waals surface area contributed by atoms with Crippen LogP contribution in [0.5, 0.6) is 0 Å². The van der Waals surface area contributed by atoms with Gasteiger partial charge in [-0.05, 0) is 110 Å². The molecule has 3 heteroatoms. The third kappa shape index (κ3) is 3.17. The molecular weight excluding hydrogens is 741 g/mol. The monoisotopic (exact) mass is 772 g/mol. The van der Waals surface area contributed by atoms with Crippen molar-refractivity contribution in [3.05, 3.63) is 228 Å². The summed E-state index contributed by atoms with van der Waals surface area (Å²) < 4.78 is 11.9. The summed E-state index contributed by atoms with van der Waals surface area (Å²) in [6.45, 7) is 0. The molecule has 3 aliphatic carbocycles. The Labute approximate surface area is 348 Å². The van der Waals surface area contributed by atoms with E-state index < -0.39 is 10.8 Å². The predicted octanol–water partition coefficient (Wildman–Crippen LogP) is 14.4. The molecule has 2 unspecified atom stereocenters.